The molecule has 0 unspecified atom stereocenters. The molecular formula is C23H25Cl2F2N3O3. The molecule has 0 aliphatic carbocycles. The average Bonchev–Trinajstić information content (AvgIpc) is 2.77. The van der Waals surface area contributed by atoms with Crippen molar-refractivity contribution in [2.75, 3.05) is 45.9 Å². The van der Waals surface area contributed by atoms with E-state index < -0.39 is 19.0 Å². The first-order valence-corrected chi connectivity index (χ1v) is 10.9. The summed E-state index contributed by atoms with van der Waals surface area (Å²) in [4.78, 5) is 10.5. The van der Waals surface area contributed by atoms with Crippen LogP contribution in [0.2, 0.25) is 10.0 Å². The fraction of sp³-hybridized carbons (Fsp3) is 0.391. The molecule has 0 atom stereocenters. The minimum Gasteiger partial charge on any atom is -0.495 e. The van der Waals surface area contributed by atoms with Gasteiger partial charge in [-0.15, -0.1) is 0 Å². The lowest BCUT2D eigenvalue weighted by atomic mass is 10.0. The maximum atomic E-state index is 13.5. The summed E-state index contributed by atoms with van der Waals surface area (Å²) >= 11 is 13.0. The molecule has 3 aromatic rings. The predicted octanol–water partition coefficient (Wildman–Crippen LogP) is 6.04. The summed E-state index contributed by atoms with van der Waals surface area (Å²) < 4.78 is 42.3. The smallest absolute Gasteiger partial charge is 0.282 e. The van der Waals surface area contributed by atoms with Crippen LogP contribution in [0.4, 0.5) is 14.6 Å². The minimum atomic E-state index is -2.74. The Morgan fingerprint density at radius 3 is 2.09 bits per heavy atom. The molecule has 3 heterocycles. The van der Waals surface area contributed by atoms with Gasteiger partial charge in [0.05, 0.1) is 43.0 Å². The summed E-state index contributed by atoms with van der Waals surface area (Å²) in [5, 5.41) is 1.98. The van der Waals surface area contributed by atoms with Crippen molar-refractivity contribution in [3.63, 3.8) is 0 Å². The number of hydrogen-bond donors (Lipinski definition) is 0. The number of nitrogens with zero attached hydrogens (tertiary/aromatic N) is 3. The summed E-state index contributed by atoms with van der Waals surface area (Å²) in [6.45, 7) is 3.81. The van der Waals surface area contributed by atoms with Crippen LogP contribution in [-0.4, -0.2) is 56.9 Å². The van der Waals surface area contributed by atoms with Crippen molar-refractivity contribution < 1.29 is 23.0 Å². The van der Waals surface area contributed by atoms with Crippen LogP contribution in [0.25, 0.3) is 22.0 Å². The number of benzene rings is 1. The Labute approximate surface area is 201 Å². The third-order valence-electron chi connectivity index (χ3n) is 5.09. The van der Waals surface area contributed by atoms with Crippen LogP contribution >= 0.6 is 23.2 Å². The molecule has 1 saturated heterocycles. The van der Waals surface area contributed by atoms with Gasteiger partial charge in [0, 0.05) is 48.0 Å². The number of halogens is 4. The monoisotopic (exact) mass is 499 g/mol. The van der Waals surface area contributed by atoms with Gasteiger partial charge in [0.15, 0.2) is 0 Å². The topological polar surface area (TPSA) is 56.7 Å². The molecule has 0 amide bonds. The zero-order valence-corrected chi connectivity index (χ0v) is 20.5. The van der Waals surface area contributed by atoms with Gasteiger partial charge < -0.3 is 19.1 Å². The first-order chi connectivity index (χ1) is 15.6. The summed E-state index contributed by atoms with van der Waals surface area (Å²) in [6, 6.07) is 5.18. The first kappa shape index (κ1) is 25.2. The molecule has 1 aromatic carbocycles. The molecule has 1 fully saturated rings. The third kappa shape index (κ3) is 5.23. The van der Waals surface area contributed by atoms with Gasteiger partial charge in [-0.1, -0.05) is 23.2 Å². The molecule has 178 valence electrons. The highest BCUT2D eigenvalue weighted by Crippen LogP contribution is 2.47. The van der Waals surface area contributed by atoms with Crippen molar-refractivity contribution >= 4 is 39.8 Å². The number of rotatable bonds is 5. The van der Waals surface area contributed by atoms with Gasteiger partial charge in [-0.25, -0.2) is 13.8 Å². The molecule has 0 saturated carbocycles. The van der Waals surface area contributed by atoms with Gasteiger partial charge >= 0.3 is 0 Å². The lowest BCUT2D eigenvalue weighted by Gasteiger charge is -2.40. The van der Waals surface area contributed by atoms with Crippen LogP contribution in [0.15, 0.2) is 24.4 Å². The van der Waals surface area contributed by atoms with Gasteiger partial charge in [-0.2, -0.15) is 0 Å². The van der Waals surface area contributed by atoms with E-state index in [4.69, 9.17) is 32.7 Å². The van der Waals surface area contributed by atoms with Crippen molar-refractivity contribution in [3.8, 4) is 22.8 Å². The number of aryl methyl sites for hydroxylation is 1. The number of aromatic nitrogens is 2. The molecule has 0 N–H and O–H groups in total. The van der Waals surface area contributed by atoms with Crippen LogP contribution in [0.3, 0.4) is 0 Å². The number of hydrogen-bond acceptors (Lipinski definition) is 6. The van der Waals surface area contributed by atoms with Crippen LogP contribution in [0, 0.1) is 6.92 Å². The third-order valence-corrected chi connectivity index (χ3v) is 5.84. The van der Waals surface area contributed by atoms with Crippen LogP contribution in [0.5, 0.6) is 11.5 Å². The Hall–Kier alpha value is -2.42. The Morgan fingerprint density at radius 1 is 1.03 bits per heavy atom. The van der Waals surface area contributed by atoms with E-state index in [0.717, 1.165) is 23.1 Å². The number of anilines is 1. The fourth-order valence-corrected chi connectivity index (χ4v) is 4.07. The number of fused-ring (bicyclic) bond motifs is 1. The van der Waals surface area contributed by atoms with Gasteiger partial charge in [-0.05, 0) is 26.0 Å². The highest BCUT2D eigenvalue weighted by Gasteiger charge is 2.45. The lowest BCUT2D eigenvalue weighted by Crippen LogP contribution is -2.56. The molecule has 33 heavy (non-hydrogen) atoms. The standard InChI is InChI=1S/C20H17Cl2F2N3O2.C3H8O/c1-10-4-12-11(7-25-10)5-13(26-19(12)27-8-20(23,24)9-27)16-17(21)14(28-2)6-15(29-3)18(16)22;1-3-4-2/h4-7H,8-9H2,1-3H3;3H2,1-2H3. The SMILES string of the molecule is CCOC.COc1cc(OC)c(Cl)c(-c2cc3cnc(C)cc3c(N3CC(F)(F)C3)n2)c1Cl. The van der Waals surface area contributed by atoms with Crippen molar-refractivity contribution in [2.45, 2.75) is 19.8 Å². The molecule has 10 heteroatoms. The number of pyridine rings is 2. The highest BCUT2D eigenvalue weighted by molar-refractivity contribution is 6.41. The second-order valence-corrected chi connectivity index (χ2v) is 8.21. The van der Waals surface area contributed by atoms with Gasteiger partial charge in [0.25, 0.3) is 5.92 Å². The lowest BCUT2D eigenvalue weighted by molar-refractivity contribution is -0.0265. The maximum absolute atomic E-state index is 13.5. The Morgan fingerprint density at radius 2 is 1.61 bits per heavy atom. The summed E-state index contributed by atoms with van der Waals surface area (Å²) in [5.41, 5.74) is 1.58. The van der Waals surface area contributed by atoms with E-state index in [9.17, 15) is 8.78 Å². The van der Waals surface area contributed by atoms with Crippen LogP contribution in [0.1, 0.15) is 12.6 Å². The average molecular weight is 500 g/mol. The van der Waals surface area contributed by atoms with Crippen LogP contribution < -0.4 is 14.4 Å². The van der Waals surface area contributed by atoms with E-state index >= 15 is 0 Å². The van der Waals surface area contributed by atoms with E-state index in [1.807, 2.05) is 19.9 Å². The molecule has 0 spiro atoms. The largest absolute Gasteiger partial charge is 0.495 e. The molecule has 1 aliphatic heterocycles. The quantitative estimate of drug-likeness (QED) is 0.426. The molecular weight excluding hydrogens is 475 g/mol. The van der Waals surface area contributed by atoms with E-state index in [-0.39, 0.29) is 10.0 Å². The first-order valence-electron chi connectivity index (χ1n) is 10.1. The summed E-state index contributed by atoms with van der Waals surface area (Å²) in [5.74, 6) is -1.57. The summed E-state index contributed by atoms with van der Waals surface area (Å²) in [7, 11) is 4.64. The Balaban J connectivity index is 0.000000709. The Kier molecular flexibility index (Phi) is 7.82. The summed E-state index contributed by atoms with van der Waals surface area (Å²) in [6.07, 6.45) is 1.68. The van der Waals surface area contributed by atoms with Crippen LogP contribution in [-0.2, 0) is 4.74 Å². The second-order valence-electron chi connectivity index (χ2n) is 7.45. The zero-order valence-electron chi connectivity index (χ0n) is 19.0. The van der Waals surface area contributed by atoms with E-state index in [1.54, 1.807) is 25.4 Å². The van der Waals surface area contributed by atoms with E-state index in [0.29, 0.717) is 28.6 Å². The molecule has 0 bridgehead atoms. The van der Waals surface area contributed by atoms with Crippen molar-refractivity contribution in [1.29, 1.82) is 0 Å². The molecule has 0 radical (unpaired) electrons. The second kappa shape index (κ2) is 10.2. The zero-order chi connectivity index (χ0) is 24.3. The normalized spacial score (nSPS) is 14.4. The van der Waals surface area contributed by atoms with E-state index in [2.05, 4.69) is 14.7 Å². The molecule has 2 aromatic heterocycles. The number of ether oxygens (including phenoxy) is 3. The van der Waals surface area contributed by atoms with Gasteiger partial charge in [-0.3, -0.25) is 4.98 Å². The van der Waals surface area contributed by atoms with Gasteiger partial charge in [0.1, 0.15) is 17.3 Å². The molecule has 4 rings (SSSR count). The molecule has 1 aliphatic rings. The fourth-order valence-electron chi connectivity index (χ4n) is 3.37. The Bertz CT molecular complexity index is 1120. The number of methoxy groups -OCH3 is 3. The van der Waals surface area contributed by atoms with Crippen molar-refractivity contribution in [2.24, 2.45) is 0 Å². The van der Waals surface area contributed by atoms with Crippen molar-refractivity contribution in [3.05, 3.63) is 40.1 Å². The number of alkyl halides is 2. The highest BCUT2D eigenvalue weighted by atomic mass is 35.5. The van der Waals surface area contributed by atoms with Crippen molar-refractivity contribution in [1.82, 2.24) is 9.97 Å². The van der Waals surface area contributed by atoms with Gasteiger partial charge in [0.2, 0.25) is 0 Å². The van der Waals surface area contributed by atoms with E-state index in [1.165, 1.54) is 19.1 Å². The maximum Gasteiger partial charge on any atom is 0.282 e. The predicted molar refractivity (Wildman–Crippen MR) is 128 cm³/mol. The molecule has 6 nitrogen and oxygen atoms in total. The minimum absolute atomic E-state index is 0.255.